The molecule has 0 spiro atoms. The minimum absolute atomic E-state index is 0.108. The van der Waals surface area contributed by atoms with Gasteiger partial charge in [-0.2, -0.15) is 0 Å². The highest BCUT2D eigenvalue weighted by Gasteiger charge is 2.19. The molecule has 0 aromatic carbocycles. The van der Waals surface area contributed by atoms with Gasteiger partial charge in [0.1, 0.15) is 13.2 Å². The smallest absolute Gasteiger partial charge is 0.306 e. The lowest BCUT2D eigenvalue weighted by molar-refractivity contribution is -0.166. The molecule has 0 aliphatic rings. The largest absolute Gasteiger partial charge is 0.462 e. The molecular formula is C65H108O6. The molecule has 0 saturated heterocycles. The Morgan fingerprint density at radius 2 is 0.577 bits per heavy atom. The third kappa shape index (κ3) is 56.9. The summed E-state index contributed by atoms with van der Waals surface area (Å²) in [7, 11) is 0. The van der Waals surface area contributed by atoms with Gasteiger partial charge in [0, 0.05) is 19.3 Å². The van der Waals surface area contributed by atoms with Crippen LogP contribution in [0.3, 0.4) is 0 Å². The molecule has 0 aliphatic heterocycles. The van der Waals surface area contributed by atoms with Crippen LogP contribution in [-0.4, -0.2) is 37.2 Å². The number of ether oxygens (including phenoxy) is 3. The molecule has 1 unspecified atom stereocenters. The van der Waals surface area contributed by atoms with Gasteiger partial charge in [0.25, 0.3) is 0 Å². The van der Waals surface area contributed by atoms with Crippen LogP contribution >= 0.6 is 0 Å². The van der Waals surface area contributed by atoms with Crippen molar-refractivity contribution in [3.05, 3.63) is 109 Å². The lowest BCUT2D eigenvalue weighted by atomic mass is 10.0. The van der Waals surface area contributed by atoms with E-state index in [-0.39, 0.29) is 37.5 Å². The predicted octanol–water partition coefficient (Wildman–Crippen LogP) is 19.9. The summed E-state index contributed by atoms with van der Waals surface area (Å²) in [4.78, 5) is 38.2. The van der Waals surface area contributed by atoms with Crippen molar-refractivity contribution in [1.82, 2.24) is 0 Å². The van der Waals surface area contributed by atoms with Crippen molar-refractivity contribution in [2.75, 3.05) is 13.2 Å². The van der Waals surface area contributed by atoms with Crippen LogP contribution in [0, 0.1) is 0 Å². The molecular weight excluding hydrogens is 877 g/mol. The molecule has 0 bridgehead atoms. The maximum Gasteiger partial charge on any atom is 0.306 e. The average molecular weight is 986 g/mol. The van der Waals surface area contributed by atoms with E-state index in [0.717, 1.165) is 109 Å². The van der Waals surface area contributed by atoms with Gasteiger partial charge in [0.15, 0.2) is 6.10 Å². The fourth-order valence-electron chi connectivity index (χ4n) is 7.95. The normalized spacial score (nSPS) is 12.9. The van der Waals surface area contributed by atoms with Gasteiger partial charge in [0.05, 0.1) is 0 Å². The highest BCUT2D eigenvalue weighted by atomic mass is 16.6. The fourth-order valence-corrected chi connectivity index (χ4v) is 7.95. The minimum Gasteiger partial charge on any atom is -0.462 e. The average Bonchev–Trinajstić information content (AvgIpc) is 3.37. The summed E-state index contributed by atoms with van der Waals surface area (Å²) >= 11 is 0. The third-order valence-corrected chi connectivity index (χ3v) is 12.3. The van der Waals surface area contributed by atoms with Crippen LogP contribution in [0.25, 0.3) is 0 Å². The van der Waals surface area contributed by atoms with Crippen LogP contribution in [-0.2, 0) is 28.6 Å². The standard InChI is InChI=1S/C65H108O6/c1-4-7-10-13-16-19-22-25-28-31-33-35-37-40-43-46-49-52-55-58-64(67)70-61-62(60-69-63(66)57-54-51-48-45-42-39-36-30-27-24-21-18-15-12-9-6-3)71-65(68)59-56-53-50-47-44-41-38-34-32-29-26-23-20-17-14-11-8-5-2/h7,9-10,12,16,18-19,21,25,27-28,30,33,35,40,43,49,52,62H,4-6,8,11,13-15,17,20,22-24,26,29,31-32,34,36-39,41-42,44-48,50-51,53-61H2,1-3H3/b10-7-,12-9-,19-16-,21-18-,28-25-,30-27-,35-33-,43-40-,52-49-. The lowest BCUT2D eigenvalue weighted by Crippen LogP contribution is -2.30. The second-order valence-electron chi connectivity index (χ2n) is 19.1. The van der Waals surface area contributed by atoms with E-state index in [1.165, 1.54) is 109 Å². The maximum atomic E-state index is 12.9. The number of rotatable bonds is 52. The van der Waals surface area contributed by atoms with Crippen LogP contribution in [0.4, 0.5) is 0 Å². The van der Waals surface area contributed by atoms with Crippen molar-refractivity contribution >= 4 is 17.9 Å². The summed E-state index contributed by atoms with van der Waals surface area (Å²) in [5.74, 6) is -1.00. The Balaban J connectivity index is 4.50. The van der Waals surface area contributed by atoms with E-state index in [1.54, 1.807) is 0 Å². The first-order valence-electron chi connectivity index (χ1n) is 29.4. The number of carbonyl (C=O) groups is 3. The van der Waals surface area contributed by atoms with Gasteiger partial charge >= 0.3 is 17.9 Å². The Hall–Kier alpha value is -3.93. The van der Waals surface area contributed by atoms with Gasteiger partial charge in [-0.1, -0.05) is 265 Å². The van der Waals surface area contributed by atoms with Crippen LogP contribution in [0.5, 0.6) is 0 Å². The SMILES string of the molecule is CC/C=C\C/C=C\C/C=C\C/C=C\C/C=C\C/C=C\CCC(=O)OCC(COC(=O)CCCCCCCC/C=C\C/C=C\C/C=C\CC)OC(=O)CCCCCCCCCCCCCCCCCCCC. The molecule has 0 aliphatic carbocycles. The second kappa shape index (κ2) is 58.6. The Morgan fingerprint density at radius 3 is 0.944 bits per heavy atom. The van der Waals surface area contributed by atoms with Gasteiger partial charge in [0.2, 0.25) is 0 Å². The van der Waals surface area contributed by atoms with Crippen LogP contribution < -0.4 is 0 Å². The van der Waals surface area contributed by atoms with E-state index < -0.39 is 6.10 Å². The zero-order valence-electron chi connectivity index (χ0n) is 46.2. The molecule has 0 N–H and O–H groups in total. The number of esters is 3. The maximum absolute atomic E-state index is 12.9. The summed E-state index contributed by atoms with van der Waals surface area (Å²) < 4.78 is 16.8. The topological polar surface area (TPSA) is 78.9 Å². The number of unbranched alkanes of at least 4 members (excludes halogenated alkanes) is 23. The quantitative estimate of drug-likeness (QED) is 0.0261. The molecule has 0 aromatic heterocycles. The molecule has 6 heteroatoms. The monoisotopic (exact) mass is 985 g/mol. The van der Waals surface area contributed by atoms with E-state index in [2.05, 4.69) is 124 Å². The summed E-state index contributed by atoms with van der Waals surface area (Å²) in [6.45, 7) is 6.36. The molecule has 0 radical (unpaired) electrons. The van der Waals surface area contributed by atoms with E-state index >= 15 is 0 Å². The van der Waals surface area contributed by atoms with Crippen LogP contribution in [0.2, 0.25) is 0 Å². The second-order valence-corrected chi connectivity index (χ2v) is 19.1. The van der Waals surface area contributed by atoms with Gasteiger partial charge < -0.3 is 14.2 Å². The molecule has 0 rings (SSSR count). The Labute approximate surface area is 438 Å². The molecule has 404 valence electrons. The first-order chi connectivity index (χ1) is 35.0. The van der Waals surface area contributed by atoms with Gasteiger partial charge in [-0.3, -0.25) is 14.4 Å². The molecule has 0 saturated carbocycles. The Morgan fingerprint density at radius 1 is 0.296 bits per heavy atom. The number of allylic oxidation sites excluding steroid dienone is 18. The number of carbonyl (C=O) groups excluding carboxylic acids is 3. The van der Waals surface area contributed by atoms with Gasteiger partial charge in [-0.15, -0.1) is 0 Å². The van der Waals surface area contributed by atoms with Crippen LogP contribution in [0.1, 0.15) is 265 Å². The highest BCUT2D eigenvalue weighted by Crippen LogP contribution is 2.16. The molecule has 0 aromatic rings. The summed E-state index contributed by atoms with van der Waals surface area (Å²) in [5.41, 5.74) is 0. The van der Waals surface area contributed by atoms with Gasteiger partial charge in [-0.05, 0) is 89.9 Å². The first kappa shape index (κ1) is 67.1. The molecule has 71 heavy (non-hydrogen) atoms. The van der Waals surface area contributed by atoms with E-state index in [1.807, 2.05) is 6.08 Å². The number of hydrogen-bond donors (Lipinski definition) is 0. The van der Waals surface area contributed by atoms with Crippen LogP contribution in [0.15, 0.2) is 109 Å². The predicted molar refractivity (Wildman–Crippen MR) is 307 cm³/mol. The third-order valence-electron chi connectivity index (χ3n) is 12.3. The first-order valence-corrected chi connectivity index (χ1v) is 29.4. The summed E-state index contributed by atoms with van der Waals surface area (Å²) in [6.07, 6.45) is 79.5. The minimum atomic E-state index is -0.815. The summed E-state index contributed by atoms with van der Waals surface area (Å²) in [5, 5.41) is 0. The molecule has 0 fully saturated rings. The highest BCUT2D eigenvalue weighted by molar-refractivity contribution is 5.71. The summed E-state index contributed by atoms with van der Waals surface area (Å²) in [6, 6.07) is 0. The molecule has 0 amide bonds. The van der Waals surface area contributed by atoms with E-state index in [9.17, 15) is 14.4 Å². The Kier molecular flexibility index (Phi) is 55.4. The lowest BCUT2D eigenvalue weighted by Gasteiger charge is -2.18. The van der Waals surface area contributed by atoms with E-state index in [0.29, 0.717) is 19.3 Å². The van der Waals surface area contributed by atoms with Gasteiger partial charge in [-0.25, -0.2) is 0 Å². The Bertz CT molecular complexity index is 1460. The van der Waals surface area contributed by atoms with Crippen molar-refractivity contribution < 1.29 is 28.6 Å². The number of hydrogen-bond acceptors (Lipinski definition) is 6. The van der Waals surface area contributed by atoms with Crippen molar-refractivity contribution in [3.63, 3.8) is 0 Å². The van der Waals surface area contributed by atoms with Crippen molar-refractivity contribution in [1.29, 1.82) is 0 Å². The zero-order valence-corrected chi connectivity index (χ0v) is 46.2. The van der Waals surface area contributed by atoms with Crippen molar-refractivity contribution in [2.45, 2.75) is 271 Å². The fraction of sp³-hybridized carbons (Fsp3) is 0.677. The molecule has 6 nitrogen and oxygen atoms in total. The van der Waals surface area contributed by atoms with Crippen molar-refractivity contribution in [2.24, 2.45) is 0 Å². The molecule has 0 heterocycles. The van der Waals surface area contributed by atoms with Crippen molar-refractivity contribution in [3.8, 4) is 0 Å². The molecule has 1 atom stereocenters. The van der Waals surface area contributed by atoms with E-state index in [4.69, 9.17) is 14.2 Å². The zero-order chi connectivity index (χ0) is 51.4.